The number of piperidine rings is 1. The Labute approximate surface area is 176 Å². The summed E-state index contributed by atoms with van der Waals surface area (Å²) in [5.74, 6) is 1.85. The normalized spacial score (nSPS) is 22.0. The van der Waals surface area contributed by atoms with Crippen LogP contribution >= 0.6 is 0 Å². The molecule has 1 amide bonds. The van der Waals surface area contributed by atoms with Gasteiger partial charge in [-0.2, -0.15) is 0 Å². The minimum Gasteiger partial charge on any atom is -0.381 e. The highest BCUT2D eigenvalue weighted by Crippen LogP contribution is 2.40. The summed E-state index contributed by atoms with van der Waals surface area (Å²) in [6, 6.07) is 8.11. The van der Waals surface area contributed by atoms with E-state index in [4.69, 9.17) is 4.74 Å². The van der Waals surface area contributed by atoms with Gasteiger partial charge in [0, 0.05) is 50.6 Å². The Hall–Kier alpha value is -2.54. The molecule has 0 aliphatic carbocycles. The number of rotatable bonds is 5. The molecule has 0 spiro atoms. The second-order valence-corrected chi connectivity index (χ2v) is 8.75. The zero-order valence-corrected chi connectivity index (χ0v) is 17.2. The van der Waals surface area contributed by atoms with Gasteiger partial charge in [0.25, 0.3) is 0 Å². The van der Waals surface area contributed by atoms with Crippen LogP contribution in [0.1, 0.15) is 50.1 Å². The molecular formula is C23H28N4O3. The number of Topliss-reactive ketones (excluding diaryl/α,β-unsaturated/α-hetero) is 1. The van der Waals surface area contributed by atoms with Gasteiger partial charge in [0.05, 0.1) is 6.04 Å². The van der Waals surface area contributed by atoms with Crippen LogP contribution in [0.25, 0.3) is 11.4 Å². The number of fused-ring (bicyclic) bond motifs is 3. The van der Waals surface area contributed by atoms with Gasteiger partial charge in [0.1, 0.15) is 12.1 Å². The molecule has 158 valence electrons. The van der Waals surface area contributed by atoms with E-state index in [9.17, 15) is 9.59 Å². The third-order valence-corrected chi connectivity index (χ3v) is 6.97. The highest BCUT2D eigenvalue weighted by molar-refractivity contribution is 5.83. The van der Waals surface area contributed by atoms with Crippen molar-refractivity contribution in [1.29, 1.82) is 0 Å². The molecule has 0 radical (unpaired) electrons. The molecule has 1 aromatic carbocycles. The molecule has 0 N–H and O–H groups in total. The largest absolute Gasteiger partial charge is 0.381 e. The maximum absolute atomic E-state index is 13.1. The van der Waals surface area contributed by atoms with Crippen molar-refractivity contribution < 1.29 is 14.3 Å². The lowest BCUT2D eigenvalue weighted by atomic mass is 9.87. The van der Waals surface area contributed by atoms with Crippen LogP contribution in [0.4, 0.5) is 0 Å². The van der Waals surface area contributed by atoms with E-state index in [0.29, 0.717) is 31.8 Å². The van der Waals surface area contributed by atoms with E-state index in [0.717, 1.165) is 55.8 Å². The average Bonchev–Trinajstić information content (AvgIpc) is 3.37. The maximum Gasteiger partial charge on any atom is 0.222 e. The molecule has 7 nitrogen and oxygen atoms in total. The van der Waals surface area contributed by atoms with E-state index in [1.54, 1.807) is 6.33 Å². The van der Waals surface area contributed by atoms with E-state index in [-0.39, 0.29) is 23.7 Å². The molecule has 2 fully saturated rings. The number of benzene rings is 1. The quantitative estimate of drug-likeness (QED) is 0.760. The lowest BCUT2D eigenvalue weighted by Crippen LogP contribution is -2.41. The molecule has 4 heterocycles. The molecule has 2 saturated heterocycles. The predicted molar refractivity (Wildman–Crippen MR) is 111 cm³/mol. The highest BCUT2D eigenvalue weighted by atomic mass is 16.5. The first-order chi connectivity index (χ1) is 14.7. The number of ketones is 1. The highest BCUT2D eigenvalue weighted by Gasteiger charge is 2.34. The molecular weight excluding hydrogens is 380 g/mol. The number of carbonyl (C=O) groups is 2. The summed E-state index contributed by atoms with van der Waals surface area (Å²) in [7, 11) is 0. The van der Waals surface area contributed by atoms with Crippen molar-refractivity contribution >= 4 is 11.7 Å². The summed E-state index contributed by atoms with van der Waals surface area (Å²) >= 11 is 0. The van der Waals surface area contributed by atoms with E-state index in [2.05, 4.69) is 16.3 Å². The second kappa shape index (κ2) is 8.30. The summed E-state index contributed by atoms with van der Waals surface area (Å²) in [5.41, 5.74) is 2.22. The van der Waals surface area contributed by atoms with E-state index in [1.807, 2.05) is 27.7 Å². The number of carbonyl (C=O) groups excluding carboxylic acids is 2. The number of hydrogen-bond acceptors (Lipinski definition) is 5. The Bertz CT molecular complexity index is 926. The molecule has 3 aliphatic rings. The summed E-state index contributed by atoms with van der Waals surface area (Å²) in [6.45, 7) is 2.93. The Morgan fingerprint density at radius 3 is 2.60 bits per heavy atom. The van der Waals surface area contributed by atoms with Crippen molar-refractivity contribution in [3.05, 3.63) is 36.2 Å². The first-order valence-electron chi connectivity index (χ1n) is 11.1. The Kier molecular flexibility index (Phi) is 5.37. The summed E-state index contributed by atoms with van der Waals surface area (Å²) in [6.07, 6.45) is 6.30. The fourth-order valence-corrected chi connectivity index (χ4v) is 5.15. The number of amides is 1. The molecule has 2 aromatic rings. The SMILES string of the molecule is O=C(CC1c2ccccc2-c2nncn21)C1CCN(C(=O)CC2CCOCC2)CC1. The number of likely N-dealkylation sites (tertiary alicyclic amines) is 1. The van der Waals surface area contributed by atoms with Gasteiger partial charge in [-0.15, -0.1) is 10.2 Å². The minimum absolute atomic E-state index is 0.0214. The number of hydrogen-bond donors (Lipinski definition) is 0. The first kappa shape index (κ1) is 19.4. The monoisotopic (exact) mass is 408 g/mol. The third-order valence-electron chi connectivity index (χ3n) is 6.97. The second-order valence-electron chi connectivity index (χ2n) is 8.75. The number of aromatic nitrogens is 3. The van der Waals surface area contributed by atoms with Crippen LogP contribution in [0.5, 0.6) is 0 Å². The Morgan fingerprint density at radius 1 is 1.03 bits per heavy atom. The lowest BCUT2D eigenvalue weighted by molar-refractivity contribution is -0.136. The first-order valence-corrected chi connectivity index (χ1v) is 11.1. The molecule has 5 rings (SSSR count). The van der Waals surface area contributed by atoms with Crippen molar-refractivity contribution in [3.8, 4) is 11.4 Å². The van der Waals surface area contributed by atoms with Crippen molar-refractivity contribution in [1.82, 2.24) is 19.7 Å². The molecule has 7 heteroatoms. The van der Waals surface area contributed by atoms with Crippen molar-refractivity contribution in [3.63, 3.8) is 0 Å². The summed E-state index contributed by atoms with van der Waals surface area (Å²) in [5, 5.41) is 8.27. The predicted octanol–water partition coefficient (Wildman–Crippen LogP) is 2.86. The fraction of sp³-hybridized carbons (Fsp3) is 0.565. The van der Waals surface area contributed by atoms with Crippen molar-refractivity contribution in [2.45, 2.75) is 44.6 Å². The van der Waals surface area contributed by atoms with Gasteiger partial charge in [-0.1, -0.05) is 24.3 Å². The maximum atomic E-state index is 13.1. The smallest absolute Gasteiger partial charge is 0.222 e. The lowest BCUT2D eigenvalue weighted by Gasteiger charge is -2.33. The molecule has 0 saturated carbocycles. The summed E-state index contributed by atoms with van der Waals surface area (Å²) in [4.78, 5) is 27.7. The fourth-order valence-electron chi connectivity index (χ4n) is 5.15. The van der Waals surface area contributed by atoms with Gasteiger partial charge in [0.2, 0.25) is 5.91 Å². The van der Waals surface area contributed by atoms with E-state index < -0.39 is 0 Å². The molecule has 0 bridgehead atoms. The van der Waals surface area contributed by atoms with E-state index in [1.165, 1.54) is 0 Å². The van der Waals surface area contributed by atoms with Crippen LogP contribution in [-0.2, 0) is 14.3 Å². The van der Waals surface area contributed by atoms with Gasteiger partial charge in [0.15, 0.2) is 5.82 Å². The van der Waals surface area contributed by atoms with Gasteiger partial charge >= 0.3 is 0 Å². The molecule has 30 heavy (non-hydrogen) atoms. The van der Waals surface area contributed by atoms with Crippen molar-refractivity contribution in [2.75, 3.05) is 26.3 Å². The van der Waals surface area contributed by atoms with Crippen LogP contribution in [0.3, 0.4) is 0 Å². The van der Waals surface area contributed by atoms with Gasteiger partial charge in [-0.3, -0.25) is 9.59 Å². The topological polar surface area (TPSA) is 77.3 Å². The zero-order valence-electron chi connectivity index (χ0n) is 17.2. The van der Waals surface area contributed by atoms with Crippen molar-refractivity contribution in [2.24, 2.45) is 11.8 Å². The minimum atomic E-state index is -0.0214. The Morgan fingerprint density at radius 2 is 1.80 bits per heavy atom. The van der Waals surface area contributed by atoms with Crippen LogP contribution in [-0.4, -0.2) is 57.7 Å². The molecule has 3 aliphatic heterocycles. The molecule has 1 atom stereocenters. The molecule has 1 aromatic heterocycles. The zero-order chi connectivity index (χ0) is 20.5. The van der Waals surface area contributed by atoms with Gasteiger partial charge in [-0.25, -0.2) is 0 Å². The Balaban J connectivity index is 1.17. The van der Waals surface area contributed by atoms with Crippen LogP contribution in [0.15, 0.2) is 30.6 Å². The number of nitrogens with zero attached hydrogens (tertiary/aromatic N) is 4. The van der Waals surface area contributed by atoms with Gasteiger partial charge < -0.3 is 14.2 Å². The van der Waals surface area contributed by atoms with Crippen LogP contribution < -0.4 is 0 Å². The third kappa shape index (κ3) is 3.67. The average molecular weight is 409 g/mol. The van der Waals surface area contributed by atoms with Gasteiger partial charge in [-0.05, 0) is 37.2 Å². The standard InChI is InChI=1S/C23H28N4O3/c28-21(14-20-18-3-1-2-4-19(18)23-25-24-15-27(20)23)17-5-9-26(10-6-17)22(29)13-16-7-11-30-12-8-16/h1-4,15-17,20H,5-14H2. The van der Waals surface area contributed by atoms with Crippen LogP contribution in [0.2, 0.25) is 0 Å². The molecule has 1 unspecified atom stereocenters. The summed E-state index contributed by atoms with van der Waals surface area (Å²) < 4.78 is 7.41. The van der Waals surface area contributed by atoms with Crippen LogP contribution in [0, 0.1) is 11.8 Å². The van der Waals surface area contributed by atoms with E-state index >= 15 is 0 Å². The number of ether oxygens (including phenoxy) is 1.